The monoisotopic (exact) mass is 457 g/mol. The molecule has 0 saturated carbocycles. The normalized spacial score (nSPS) is 16.5. The van der Waals surface area contributed by atoms with Crippen molar-refractivity contribution >= 4 is 35.6 Å². The fourth-order valence-electron chi connectivity index (χ4n) is 2.71. The minimum absolute atomic E-state index is 0. The summed E-state index contributed by atoms with van der Waals surface area (Å²) >= 11 is 0. The second-order valence-corrected chi connectivity index (χ2v) is 5.59. The van der Waals surface area contributed by atoms with E-state index in [1.54, 1.807) is 25.5 Å². The Kier molecular flexibility index (Phi) is 6.67. The Hall–Kier alpha value is -2.24. The average Bonchev–Trinajstić information content (AvgIpc) is 3.06. The van der Waals surface area contributed by atoms with Crippen molar-refractivity contribution in [1.29, 1.82) is 0 Å². The number of halogens is 1. The van der Waals surface area contributed by atoms with E-state index in [2.05, 4.69) is 25.7 Å². The Bertz CT molecular complexity index is 762. The molecule has 0 bridgehead atoms. The Labute approximate surface area is 162 Å². The lowest BCUT2D eigenvalue weighted by atomic mass is 10.1. The zero-order valence-electron chi connectivity index (χ0n) is 13.8. The van der Waals surface area contributed by atoms with Crippen LogP contribution in [0.4, 0.5) is 5.69 Å². The minimum atomic E-state index is -0.395. The van der Waals surface area contributed by atoms with Crippen molar-refractivity contribution in [2.24, 2.45) is 4.99 Å². The summed E-state index contributed by atoms with van der Waals surface area (Å²) in [5.41, 5.74) is 0.914. The van der Waals surface area contributed by atoms with Crippen LogP contribution in [0.25, 0.3) is 0 Å². The van der Waals surface area contributed by atoms with Gasteiger partial charge in [0.2, 0.25) is 0 Å². The van der Waals surface area contributed by atoms with Crippen LogP contribution in [0.15, 0.2) is 35.6 Å². The summed E-state index contributed by atoms with van der Waals surface area (Å²) in [6.45, 7) is 1.20. The lowest BCUT2D eigenvalue weighted by Gasteiger charge is -2.25. The van der Waals surface area contributed by atoms with E-state index in [9.17, 15) is 10.1 Å². The van der Waals surface area contributed by atoms with E-state index in [1.165, 1.54) is 6.07 Å². The van der Waals surface area contributed by atoms with Crippen LogP contribution < -0.4 is 10.6 Å². The first-order valence-corrected chi connectivity index (χ1v) is 7.73. The van der Waals surface area contributed by atoms with Crippen LogP contribution in [-0.4, -0.2) is 38.7 Å². The molecule has 1 aliphatic heterocycles. The quantitative estimate of drug-likeness (QED) is 0.237. The van der Waals surface area contributed by atoms with Gasteiger partial charge in [0, 0.05) is 38.2 Å². The summed E-state index contributed by atoms with van der Waals surface area (Å²) in [5.74, 6) is 1.67. The molecule has 2 aromatic rings. The molecule has 1 aromatic carbocycles. The van der Waals surface area contributed by atoms with Gasteiger partial charge in [0.15, 0.2) is 5.96 Å². The van der Waals surface area contributed by atoms with E-state index < -0.39 is 4.92 Å². The first kappa shape index (κ1) is 19.1. The zero-order chi connectivity index (χ0) is 16.9. The third-order valence-electron chi connectivity index (χ3n) is 3.95. The number of nitro groups is 1. The third-order valence-corrected chi connectivity index (χ3v) is 3.95. The molecule has 10 heteroatoms. The molecule has 25 heavy (non-hydrogen) atoms. The summed E-state index contributed by atoms with van der Waals surface area (Å²) in [7, 11) is 1.70. The molecular weight excluding hydrogens is 437 g/mol. The Morgan fingerprint density at radius 1 is 1.52 bits per heavy atom. The number of non-ortho nitro benzene ring substituents is 1. The van der Waals surface area contributed by atoms with E-state index in [0.717, 1.165) is 30.8 Å². The smallest absolute Gasteiger partial charge is 0.269 e. The van der Waals surface area contributed by atoms with Crippen molar-refractivity contribution in [2.75, 3.05) is 7.05 Å². The van der Waals surface area contributed by atoms with Crippen LogP contribution in [-0.2, 0) is 19.5 Å². The number of fused-ring (bicyclic) bond motifs is 1. The van der Waals surface area contributed by atoms with E-state index in [1.807, 2.05) is 10.7 Å². The predicted octanol–water partition coefficient (Wildman–Crippen LogP) is 1.48. The van der Waals surface area contributed by atoms with Crippen molar-refractivity contribution in [3.8, 4) is 0 Å². The molecular formula is C15H20IN7O2. The number of benzene rings is 1. The molecule has 0 fully saturated rings. The molecule has 1 aromatic heterocycles. The Balaban J connectivity index is 0.00000225. The van der Waals surface area contributed by atoms with Crippen LogP contribution in [0, 0.1) is 10.1 Å². The van der Waals surface area contributed by atoms with Crippen molar-refractivity contribution < 1.29 is 4.92 Å². The van der Waals surface area contributed by atoms with Crippen LogP contribution in [0.2, 0.25) is 0 Å². The summed E-state index contributed by atoms with van der Waals surface area (Å²) in [6.07, 6.45) is 3.41. The number of aromatic nitrogens is 3. The number of aryl methyl sites for hydroxylation is 1. The number of nitrogens with zero attached hydrogens (tertiary/aromatic N) is 5. The van der Waals surface area contributed by atoms with Gasteiger partial charge in [0.05, 0.1) is 11.5 Å². The Morgan fingerprint density at radius 3 is 3.12 bits per heavy atom. The van der Waals surface area contributed by atoms with E-state index in [0.29, 0.717) is 12.5 Å². The number of rotatable bonds is 4. The summed E-state index contributed by atoms with van der Waals surface area (Å²) in [5, 5.41) is 21.6. The molecule has 1 aliphatic rings. The van der Waals surface area contributed by atoms with Crippen LogP contribution in [0.5, 0.6) is 0 Å². The molecule has 9 nitrogen and oxygen atoms in total. The topological polar surface area (TPSA) is 110 Å². The molecule has 0 aliphatic carbocycles. The minimum Gasteiger partial charge on any atom is -0.352 e. The fourth-order valence-corrected chi connectivity index (χ4v) is 2.71. The highest BCUT2D eigenvalue weighted by atomic mass is 127. The maximum atomic E-state index is 10.8. The largest absolute Gasteiger partial charge is 0.352 e. The fraction of sp³-hybridized carbons (Fsp3) is 0.400. The summed E-state index contributed by atoms with van der Waals surface area (Å²) < 4.78 is 1.90. The number of aliphatic imine (C=N–C) groups is 1. The van der Waals surface area contributed by atoms with E-state index in [4.69, 9.17) is 0 Å². The lowest BCUT2D eigenvalue weighted by molar-refractivity contribution is -0.384. The molecule has 2 N–H and O–H groups in total. The molecule has 0 radical (unpaired) electrons. The second kappa shape index (κ2) is 8.74. The predicted molar refractivity (Wildman–Crippen MR) is 104 cm³/mol. The van der Waals surface area contributed by atoms with E-state index >= 15 is 0 Å². The van der Waals surface area contributed by atoms with Gasteiger partial charge in [-0.25, -0.2) is 9.67 Å². The first-order valence-electron chi connectivity index (χ1n) is 7.73. The molecule has 0 spiro atoms. The summed E-state index contributed by atoms with van der Waals surface area (Å²) in [4.78, 5) is 18.9. The van der Waals surface area contributed by atoms with Crippen LogP contribution in [0.3, 0.4) is 0 Å². The van der Waals surface area contributed by atoms with E-state index in [-0.39, 0.29) is 35.7 Å². The maximum absolute atomic E-state index is 10.8. The lowest BCUT2D eigenvalue weighted by Crippen LogP contribution is -2.46. The van der Waals surface area contributed by atoms with Gasteiger partial charge in [-0.2, -0.15) is 5.10 Å². The van der Waals surface area contributed by atoms with Crippen molar-refractivity contribution in [2.45, 2.75) is 32.0 Å². The molecule has 2 heterocycles. The molecule has 1 atom stereocenters. The van der Waals surface area contributed by atoms with Crippen LogP contribution in [0.1, 0.15) is 17.8 Å². The molecule has 134 valence electrons. The van der Waals surface area contributed by atoms with Gasteiger partial charge in [0.25, 0.3) is 5.69 Å². The standard InChI is InChI=1S/C15H19N7O2.HI/c1-16-15(17-8-11-3-2-4-13(7-11)22(23)24)20-12-5-6-14-18-10-19-21(14)9-12;/h2-4,7,10,12H,5-6,8-9H2,1H3,(H2,16,17,20);1H. The van der Waals surface area contributed by atoms with Crippen molar-refractivity contribution in [3.63, 3.8) is 0 Å². The van der Waals surface area contributed by atoms with Crippen molar-refractivity contribution in [1.82, 2.24) is 25.4 Å². The number of hydrogen-bond acceptors (Lipinski definition) is 5. The zero-order valence-corrected chi connectivity index (χ0v) is 16.1. The second-order valence-electron chi connectivity index (χ2n) is 5.59. The molecule has 0 amide bonds. The van der Waals surface area contributed by atoms with Crippen molar-refractivity contribution in [3.05, 3.63) is 52.1 Å². The average molecular weight is 457 g/mol. The SMILES string of the molecule is CN=C(NCc1cccc([N+](=O)[O-])c1)NC1CCc2ncnn2C1.I. The first-order chi connectivity index (χ1) is 11.7. The van der Waals surface area contributed by atoms with Gasteiger partial charge in [-0.3, -0.25) is 15.1 Å². The molecule has 0 saturated heterocycles. The van der Waals surface area contributed by atoms with Gasteiger partial charge < -0.3 is 10.6 Å². The van der Waals surface area contributed by atoms with Gasteiger partial charge in [-0.1, -0.05) is 12.1 Å². The summed E-state index contributed by atoms with van der Waals surface area (Å²) in [6, 6.07) is 6.78. The number of hydrogen-bond donors (Lipinski definition) is 2. The molecule has 1 unspecified atom stereocenters. The number of nitro benzene ring substituents is 1. The van der Waals surface area contributed by atoms with Gasteiger partial charge in [-0.05, 0) is 12.0 Å². The molecule has 3 rings (SSSR count). The van der Waals surface area contributed by atoms with Gasteiger partial charge in [-0.15, -0.1) is 24.0 Å². The Morgan fingerprint density at radius 2 is 2.36 bits per heavy atom. The highest BCUT2D eigenvalue weighted by Gasteiger charge is 2.20. The highest BCUT2D eigenvalue weighted by molar-refractivity contribution is 14.0. The number of nitrogens with one attached hydrogen (secondary N) is 2. The highest BCUT2D eigenvalue weighted by Crippen LogP contribution is 2.13. The van der Waals surface area contributed by atoms with Crippen LogP contribution >= 0.6 is 24.0 Å². The third kappa shape index (κ3) is 4.87. The maximum Gasteiger partial charge on any atom is 0.269 e. The number of guanidine groups is 1. The van der Waals surface area contributed by atoms with Gasteiger partial charge >= 0.3 is 0 Å². The van der Waals surface area contributed by atoms with Gasteiger partial charge in [0.1, 0.15) is 12.2 Å².